The maximum Gasteiger partial charge on any atom is 0.346 e. The maximum absolute atomic E-state index is 12.0. The SMILES string of the molecule is CCN1C(=O)N=C(N)C12CCSc1ccccc12. The second kappa shape index (κ2) is 4.02. The molecule has 0 fully saturated rings. The Morgan fingerprint density at radius 1 is 1.50 bits per heavy atom. The van der Waals surface area contributed by atoms with Crippen molar-refractivity contribution in [2.45, 2.75) is 23.8 Å². The van der Waals surface area contributed by atoms with Crippen LogP contribution in [0.5, 0.6) is 0 Å². The summed E-state index contributed by atoms with van der Waals surface area (Å²) < 4.78 is 0. The largest absolute Gasteiger partial charge is 0.385 e. The fraction of sp³-hybridized carbons (Fsp3) is 0.385. The predicted octanol–water partition coefficient (Wildman–Crippen LogP) is 2.19. The van der Waals surface area contributed by atoms with Gasteiger partial charge < -0.3 is 10.6 Å². The number of fused-ring (bicyclic) bond motifs is 2. The number of aliphatic imine (C=N–C) groups is 1. The number of thioether (sulfide) groups is 1. The van der Waals surface area contributed by atoms with E-state index in [0.29, 0.717) is 12.4 Å². The molecule has 1 spiro atoms. The van der Waals surface area contributed by atoms with Crippen molar-refractivity contribution in [3.8, 4) is 0 Å². The molecule has 0 aliphatic carbocycles. The number of amides is 2. The lowest BCUT2D eigenvalue weighted by Gasteiger charge is -2.41. The Hall–Kier alpha value is -1.49. The molecule has 1 aromatic carbocycles. The summed E-state index contributed by atoms with van der Waals surface area (Å²) in [4.78, 5) is 18.9. The monoisotopic (exact) mass is 261 g/mol. The van der Waals surface area contributed by atoms with E-state index in [1.165, 1.54) is 4.90 Å². The zero-order chi connectivity index (χ0) is 12.8. The Balaban J connectivity index is 2.22. The smallest absolute Gasteiger partial charge is 0.346 e. The number of hydrogen-bond acceptors (Lipinski definition) is 3. The fourth-order valence-corrected chi connectivity index (χ4v) is 4.07. The van der Waals surface area contributed by atoms with E-state index in [9.17, 15) is 4.79 Å². The van der Waals surface area contributed by atoms with E-state index in [2.05, 4.69) is 17.1 Å². The molecular formula is C13H15N3OS. The number of urea groups is 1. The lowest BCUT2D eigenvalue weighted by atomic mass is 9.84. The predicted molar refractivity (Wildman–Crippen MR) is 72.9 cm³/mol. The highest BCUT2D eigenvalue weighted by Crippen LogP contribution is 2.46. The molecule has 3 rings (SSSR count). The third-order valence-electron chi connectivity index (χ3n) is 3.70. The van der Waals surface area contributed by atoms with Gasteiger partial charge in [0.15, 0.2) is 0 Å². The van der Waals surface area contributed by atoms with Gasteiger partial charge in [0.05, 0.1) is 0 Å². The van der Waals surface area contributed by atoms with Crippen molar-refractivity contribution in [2.75, 3.05) is 12.3 Å². The number of amidine groups is 1. The van der Waals surface area contributed by atoms with Crippen LogP contribution in [-0.4, -0.2) is 29.1 Å². The Labute approximate surface area is 110 Å². The molecular weight excluding hydrogens is 246 g/mol. The van der Waals surface area contributed by atoms with E-state index in [1.54, 1.807) is 4.90 Å². The Morgan fingerprint density at radius 2 is 2.28 bits per heavy atom. The molecule has 2 heterocycles. The number of nitrogens with zero attached hydrogens (tertiary/aromatic N) is 2. The molecule has 2 N–H and O–H groups in total. The third-order valence-corrected chi connectivity index (χ3v) is 4.78. The van der Waals surface area contributed by atoms with Gasteiger partial charge in [0, 0.05) is 17.2 Å². The van der Waals surface area contributed by atoms with Gasteiger partial charge in [-0.2, -0.15) is 4.99 Å². The number of rotatable bonds is 1. The molecule has 0 bridgehead atoms. The summed E-state index contributed by atoms with van der Waals surface area (Å²) >= 11 is 1.82. The first-order valence-electron chi connectivity index (χ1n) is 6.08. The first-order valence-corrected chi connectivity index (χ1v) is 7.07. The minimum Gasteiger partial charge on any atom is -0.385 e. The van der Waals surface area contributed by atoms with Crippen LogP contribution in [0.15, 0.2) is 34.2 Å². The fourth-order valence-electron chi connectivity index (χ4n) is 2.89. The van der Waals surface area contributed by atoms with Gasteiger partial charge in [0.1, 0.15) is 11.4 Å². The molecule has 1 aromatic rings. The van der Waals surface area contributed by atoms with E-state index in [-0.39, 0.29) is 6.03 Å². The minimum atomic E-state index is -0.506. The molecule has 0 aromatic heterocycles. The van der Waals surface area contributed by atoms with Crippen molar-refractivity contribution in [1.82, 2.24) is 4.90 Å². The average molecular weight is 261 g/mol. The van der Waals surface area contributed by atoms with Crippen LogP contribution in [-0.2, 0) is 5.54 Å². The zero-order valence-corrected chi connectivity index (χ0v) is 11.0. The zero-order valence-electron chi connectivity index (χ0n) is 10.2. The summed E-state index contributed by atoms with van der Waals surface area (Å²) in [6.07, 6.45) is 0.837. The van der Waals surface area contributed by atoms with Gasteiger partial charge in [-0.25, -0.2) is 4.79 Å². The number of carbonyl (C=O) groups excluding carboxylic acids is 1. The van der Waals surface area contributed by atoms with Crippen LogP contribution in [0.4, 0.5) is 4.79 Å². The van der Waals surface area contributed by atoms with Crippen molar-refractivity contribution >= 4 is 23.6 Å². The van der Waals surface area contributed by atoms with Crippen molar-refractivity contribution in [3.63, 3.8) is 0 Å². The molecule has 2 aliphatic heterocycles. The number of nitrogens with two attached hydrogens (primary N) is 1. The molecule has 18 heavy (non-hydrogen) atoms. The minimum absolute atomic E-state index is 0.211. The summed E-state index contributed by atoms with van der Waals surface area (Å²) in [5.41, 5.74) is 6.71. The summed E-state index contributed by atoms with van der Waals surface area (Å²) in [5, 5.41) is 0. The van der Waals surface area contributed by atoms with E-state index in [0.717, 1.165) is 17.7 Å². The number of likely N-dealkylation sites (N-methyl/N-ethyl adjacent to an activating group) is 1. The van der Waals surface area contributed by atoms with Gasteiger partial charge in [0.2, 0.25) is 0 Å². The van der Waals surface area contributed by atoms with Crippen molar-refractivity contribution < 1.29 is 4.79 Å². The van der Waals surface area contributed by atoms with E-state index in [4.69, 9.17) is 5.73 Å². The Bertz CT molecular complexity index is 543. The lowest BCUT2D eigenvalue weighted by molar-refractivity contribution is 0.171. The summed E-state index contributed by atoms with van der Waals surface area (Å²) in [5.74, 6) is 1.40. The van der Waals surface area contributed by atoms with Crippen LogP contribution >= 0.6 is 11.8 Å². The maximum atomic E-state index is 12.0. The highest BCUT2D eigenvalue weighted by molar-refractivity contribution is 7.99. The Morgan fingerprint density at radius 3 is 3.06 bits per heavy atom. The topological polar surface area (TPSA) is 58.7 Å². The van der Waals surface area contributed by atoms with Gasteiger partial charge in [0.25, 0.3) is 0 Å². The first kappa shape index (κ1) is 11.6. The number of hydrogen-bond donors (Lipinski definition) is 1. The highest BCUT2D eigenvalue weighted by Gasteiger charge is 2.51. The van der Waals surface area contributed by atoms with Crippen LogP contribution in [0.2, 0.25) is 0 Å². The summed E-state index contributed by atoms with van der Waals surface area (Å²) in [6, 6.07) is 7.95. The number of carbonyl (C=O) groups is 1. The molecule has 1 atom stereocenters. The second-order valence-electron chi connectivity index (χ2n) is 4.48. The molecule has 1 unspecified atom stereocenters. The van der Waals surface area contributed by atoms with Crippen molar-refractivity contribution in [2.24, 2.45) is 10.7 Å². The van der Waals surface area contributed by atoms with Gasteiger partial charge in [-0.15, -0.1) is 11.8 Å². The molecule has 2 amide bonds. The van der Waals surface area contributed by atoms with Gasteiger partial charge in [-0.05, 0) is 25.0 Å². The van der Waals surface area contributed by atoms with Crippen LogP contribution in [0.25, 0.3) is 0 Å². The van der Waals surface area contributed by atoms with E-state index in [1.807, 2.05) is 30.8 Å². The van der Waals surface area contributed by atoms with Crippen molar-refractivity contribution in [3.05, 3.63) is 29.8 Å². The molecule has 2 aliphatic rings. The molecule has 94 valence electrons. The number of benzene rings is 1. The molecule has 0 radical (unpaired) electrons. The van der Waals surface area contributed by atoms with E-state index >= 15 is 0 Å². The second-order valence-corrected chi connectivity index (χ2v) is 5.62. The van der Waals surface area contributed by atoms with Crippen LogP contribution in [0.3, 0.4) is 0 Å². The normalized spacial score (nSPS) is 26.4. The molecule has 4 nitrogen and oxygen atoms in total. The highest BCUT2D eigenvalue weighted by atomic mass is 32.2. The van der Waals surface area contributed by atoms with Gasteiger partial charge in [-0.1, -0.05) is 18.2 Å². The molecule has 5 heteroatoms. The van der Waals surface area contributed by atoms with Crippen molar-refractivity contribution in [1.29, 1.82) is 0 Å². The van der Waals surface area contributed by atoms with E-state index < -0.39 is 5.54 Å². The van der Waals surface area contributed by atoms with Gasteiger partial charge in [-0.3, -0.25) is 0 Å². The molecule has 0 saturated carbocycles. The Kier molecular flexibility index (Phi) is 2.59. The average Bonchev–Trinajstić information content (AvgIpc) is 2.62. The summed E-state index contributed by atoms with van der Waals surface area (Å²) in [7, 11) is 0. The molecule has 0 saturated heterocycles. The van der Waals surface area contributed by atoms with Crippen LogP contribution in [0, 0.1) is 0 Å². The quantitative estimate of drug-likeness (QED) is 0.843. The standard InChI is InChI=1S/C13H15N3OS/c1-2-16-12(17)15-11(14)13(16)7-8-18-10-6-4-3-5-9(10)13/h3-6H,2,7-8H2,1H3,(H2,14,15,17). The van der Waals surface area contributed by atoms with Gasteiger partial charge >= 0.3 is 6.03 Å². The van der Waals surface area contributed by atoms with Crippen LogP contribution in [0.1, 0.15) is 18.9 Å². The van der Waals surface area contributed by atoms with Crippen LogP contribution < -0.4 is 5.73 Å². The summed E-state index contributed by atoms with van der Waals surface area (Å²) in [6.45, 7) is 2.60. The third kappa shape index (κ3) is 1.34. The lowest BCUT2D eigenvalue weighted by Crippen LogP contribution is -2.53. The first-order chi connectivity index (χ1) is 8.70.